The quantitative estimate of drug-likeness (QED) is 0.276. The molecule has 0 spiro atoms. The van der Waals surface area contributed by atoms with Crippen LogP contribution in [0.5, 0.6) is 5.75 Å². The van der Waals surface area contributed by atoms with Gasteiger partial charge in [-0.2, -0.15) is 0 Å². The van der Waals surface area contributed by atoms with E-state index < -0.39 is 17.7 Å². The zero-order valence-electron chi connectivity index (χ0n) is 17.9. The molecule has 5 rings (SSSR count). The van der Waals surface area contributed by atoms with Gasteiger partial charge in [-0.15, -0.1) is 0 Å². The molecule has 1 unspecified atom stereocenters. The van der Waals surface area contributed by atoms with Crippen LogP contribution in [0.4, 0.5) is 0 Å². The molecule has 164 valence electrons. The van der Waals surface area contributed by atoms with Crippen LogP contribution in [0.2, 0.25) is 0 Å². The maximum Gasteiger partial charge on any atom is 0.295 e. The number of fused-ring (bicyclic) bond motifs is 1. The van der Waals surface area contributed by atoms with Gasteiger partial charge >= 0.3 is 0 Å². The number of ketones is 1. The third-order valence-electron chi connectivity index (χ3n) is 5.90. The number of carbonyl (C=O) groups is 2. The molecule has 2 N–H and O–H groups in total. The smallest absolute Gasteiger partial charge is 0.295 e. The molecule has 0 aliphatic carbocycles. The van der Waals surface area contributed by atoms with Crippen molar-refractivity contribution in [1.29, 1.82) is 0 Å². The summed E-state index contributed by atoms with van der Waals surface area (Å²) >= 11 is 0. The molecule has 7 nitrogen and oxygen atoms in total. The number of aliphatic hydroxyl groups excluding tert-OH is 1. The molecule has 1 fully saturated rings. The van der Waals surface area contributed by atoms with Crippen LogP contribution in [-0.2, 0) is 16.1 Å². The Hall–Kier alpha value is -4.39. The molecule has 33 heavy (non-hydrogen) atoms. The van der Waals surface area contributed by atoms with Crippen molar-refractivity contribution in [2.24, 2.45) is 0 Å². The second-order valence-electron chi connectivity index (χ2n) is 7.80. The Kier molecular flexibility index (Phi) is 5.14. The van der Waals surface area contributed by atoms with Gasteiger partial charge in [0.1, 0.15) is 11.5 Å². The van der Waals surface area contributed by atoms with Crippen molar-refractivity contribution in [3.05, 3.63) is 102 Å². The van der Waals surface area contributed by atoms with Crippen LogP contribution < -0.4 is 4.74 Å². The van der Waals surface area contributed by atoms with E-state index in [-0.39, 0.29) is 17.9 Å². The summed E-state index contributed by atoms with van der Waals surface area (Å²) in [6.45, 7) is 0.201. The number of hydrogen-bond donors (Lipinski definition) is 2. The van der Waals surface area contributed by atoms with Crippen LogP contribution in [0.15, 0.2) is 84.8 Å². The number of nitrogens with one attached hydrogen (secondary N) is 1. The molecule has 1 amide bonds. The van der Waals surface area contributed by atoms with Crippen LogP contribution in [0.3, 0.4) is 0 Å². The summed E-state index contributed by atoms with van der Waals surface area (Å²) in [7, 11) is 1.53. The maximum atomic E-state index is 13.3. The molecule has 1 aliphatic heterocycles. The third-order valence-corrected chi connectivity index (χ3v) is 5.90. The highest BCUT2D eigenvalue weighted by Gasteiger charge is 2.46. The summed E-state index contributed by atoms with van der Waals surface area (Å²) in [6, 6.07) is 17.3. The normalized spacial score (nSPS) is 17.6. The van der Waals surface area contributed by atoms with Gasteiger partial charge < -0.3 is 19.7 Å². The van der Waals surface area contributed by atoms with Crippen molar-refractivity contribution in [3.63, 3.8) is 0 Å². The Balaban J connectivity index is 1.71. The summed E-state index contributed by atoms with van der Waals surface area (Å²) in [5, 5.41) is 12.1. The number of benzene rings is 2. The molecule has 7 heteroatoms. The van der Waals surface area contributed by atoms with Crippen LogP contribution in [0, 0.1) is 0 Å². The Morgan fingerprint density at radius 1 is 1.09 bits per heavy atom. The summed E-state index contributed by atoms with van der Waals surface area (Å²) in [6.07, 6.45) is 5.07. The molecule has 1 saturated heterocycles. The number of aromatic nitrogens is 2. The number of pyridine rings is 1. The Labute approximate surface area is 190 Å². The van der Waals surface area contributed by atoms with Gasteiger partial charge in [0.25, 0.3) is 11.7 Å². The molecule has 2 aromatic heterocycles. The zero-order chi connectivity index (χ0) is 22.9. The van der Waals surface area contributed by atoms with Gasteiger partial charge in [-0.3, -0.25) is 14.6 Å². The highest BCUT2D eigenvalue weighted by molar-refractivity contribution is 6.46. The number of Topliss-reactive ketones (excluding diaryl/α,β-unsaturated/α-hetero) is 1. The number of amides is 1. The van der Waals surface area contributed by atoms with Gasteiger partial charge in [0, 0.05) is 47.2 Å². The van der Waals surface area contributed by atoms with Gasteiger partial charge in [0.2, 0.25) is 0 Å². The van der Waals surface area contributed by atoms with Gasteiger partial charge in [0.05, 0.1) is 18.7 Å². The van der Waals surface area contributed by atoms with Crippen LogP contribution in [0.25, 0.3) is 16.7 Å². The average Bonchev–Trinajstić information content (AvgIpc) is 3.38. The van der Waals surface area contributed by atoms with E-state index in [4.69, 9.17) is 4.74 Å². The summed E-state index contributed by atoms with van der Waals surface area (Å²) in [4.78, 5) is 35.2. The number of rotatable bonds is 5. The number of H-pyrrole nitrogens is 1. The number of nitrogens with zero attached hydrogens (tertiary/aromatic N) is 2. The first-order valence-electron chi connectivity index (χ1n) is 10.5. The lowest BCUT2D eigenvalue weighted by molar-refractivity contribution is -0.140. The van der Waals surface area contributed by atoms with Crippen molar-refractivity contribution < 1.29 is 19.4 Å². The number of aliphatic hydroxyl groups is 1. The fourth-order valence-electron chi connectivity index (χ4n) is 4.30. The van der Waals surface area contributed by atoms with Crippen LogP contribution >= 0.6 is 0 Å². The van der Waals surface area contributed by atoms with E-state index in [9.17, 15) is 14.7 Å². The van der Waals surface area contributed by atoms with Crippen molar-refractivity contribution in [3.8, 4) is 5.75 Å². The number of para-hydroxylation sites is 1. The fourth-order valence-corrected chi connectivity index (χ4v) is 4.30. The largest absolute Gasteiger partial charge is 0.507 e. The van der Waals surface area contributed by atoms with Gasteiger partial charge in [-0.05, 0) is 35.9 Å². The summed E-state index contributed by atoms with van der Waals surface area (Å²) < 4.78 is 5.27. The predicted octanol–water partition coefficient (Wildman–Crippen LogP) is 4.19. The van der Waals surface area contributed by atoms with Gasteiger partial charge in [-0.1, -0.05) is 30.3 Å². The summed E-state index contributed by atoms with van der Waals surface area (Å²) in [5.41, 5.74) is 2.90. The topological polar surface area (TPSA) is 95.5 Å². The number of methoxy groups -OCH3 is 1. The Bertz CT molecular complexity index is 1390. The molecule has 0 bridgehead atoms. The number of likely N-dealkylation sites (tertiary alicyclic amines) is 1. The second-order valence-corrected chi connectivity index (χ2v) is 7.80. The van der Waals surface area contributed by atoms with Gasteiger partial charge in [0.15, 0.2) is 0 Å². The van der Waals surface area contributed by atoms with Gasteiger partial charge in [-0.25, -0.2) is 0 Å². The lowest BCUT2D eigenvalue weighted by Crippen LogP contribution is -2.29. The molecule has 4 aromatic rings. The van der Waals surface area contributed by atoms with E-state index in [0.717, 1.165) is 22.0 Å². The second kappa shape index (κ2) is 8.27. The number of ether oxygens (including phenoxy) is 1. The van der Waals surface area contributed by atoms with E-state index in [2.05, 4.69) is 9.97 Å². The minimum absolute atomic E-state index is 0.0482. The summed E-state index contributed by atoms with van der Waals surface area (Å²) in [5.74, 6) is -1.08. The Morgan fingerprint density at radius 2 is 1.88 bits per heavy atom. The van der Waals surface area contributed by atoms with E-state index >= 15 is 0 Å². The number of aromatic amines is 1. The van der Waals surface area contributed by atoms with E-state index in [0.29, 0.717) is 11.3 Å². The molecular formula is C26H21N3O4. The van der Waals surface area contributed by atoms with Crippen molar-refractivity contribution in [2.45, 2.75) is 12.6 Å². The highest BCUT2D eigenvalue weighted by atomic mass is 16.5. The maximum absolute atomic E-state index is 13.3. The molecule has 1 aliphatic rings. The van der Waals surface area contributed by atoms with Crippen molar-refractivity contribution in [1.82, 2.24) is 14.9 Å². The van der Waals surface area contributed by atoms with E-state index in [1.54, 1.807) is 55.0 Å². The minimum Gasteiger partial charge on any atom is -0.507 e. The molecule has 0 saturated carbocycles. The number of carbonyl (C=O) groups excluding carboxylic acids is 2. The number of hydrogen-bond acceptors (Lipinski definition) is 5. The predicted molar refractivity (Wildman–Crippen MR) is 123 cm³/mol. The fraction of sp³-hybridized carbons (Fsp3) is 0.115. The van der Waals surface area contributed by atoms with Crippen molar-refractivity contribution >= 4 is 28.4 Å². The highest BCUT2D eigenvalue weighted by Crippen LogP contribution is 2.42. The first-order valence-corrected chi connectivity index (χ1v) is 10.5. The molecule has 2 aromatic carbocycles. The monoisotopic (exact) mass is 439 g/mol. The molecule has 1 atom stereocenters. The molecular weight excluding hydrogens is 418 g/mol. The van der Waals surface area contributed by atoms with Crippen molar-refractivity contribution in [2.75, 3.05) is 7.11 Å². The first-order chi connectivity index (χ1) is 16.1. The lowest BCUT2D eigenvalue weighted by atomic mass is 9.94. The zero-order valence-corrected chi connectivity index (χ0v) is 17.9. The third kappa shape index (κ3) is 3.53. The SMILES string of the molecule is COc1cccc(/C(O)=C2\C(=O)C(=O)N(Cc3ccncc3)C2c2c[nH]c3ccccc23)c1. The first kappa shape index (κ1) is 20.5. The molecule has 0 radical (unpaired) electrons. The lowest BCUT2D eigenvalue weighted by Gasteiger charge is -2.25. The molecule has 3 heterocycles. The van der Waals surface area contributed by atoms with E-state index in [1.807, 2.05) is 24.3 Å². The average molecular weight is 439 g/mol. The standard InChI is InChI=1S/C26H21N3O4/c1-33-18-6-4-5-17(13-18)24(30)22-23(20-14-28-21-8-3-2-7-19(20)21)29(26(32)25(22)31)15-16-9-11-27-12-10-16/h2-14,23,28,30H,15H2,1H3/b24-22+. The minimum atomic E-state index is -0.763. The van der Waals surface area contributed by atoms with Crippen LogP contribution in [-0.4, -0.2) is 38.8 Å². The van der Waals surface area contributed by atoms with Crippen LogP contribution in [0.1, 0.15) is 22.7 Å². The van der Waals surface area contributed by atoms with E-state index in [1.165, 1.54) is 12.0 Å². The Morgan fingerprint density at radius 3 is 2.67 bits per heavy atom.